The summed E-state index contributed by atoms with van der Waals surface area (Å²) in [6.07, 6.45) is 0. The van der Waals surface area contributed by atoms with E-state index < -0.39 is 31.7 Å². The van der Waals surface area contributed by atoms with Crippen molar-refractivity contribution in [2.75, 3.05) is 9.44 Å². The van der Waals surface area contributed by atoms with E-state index in [0.717, 1.165) is 36.4 Å². The summed E-state index contributed by atoms with van der Waals surface area (Å²) in [6.45, 7) is 0. The minimum absolute atomic E-state index is 0.0808. The lowest BCUT2D eigenvalue weighted by Gasteiger charge is -2.08. The number of benzene rings is 4. The highest BCUT2D eigenvalue weighted by Crippen LogP contribution is 2.28. The van der Waals surface area contributed by atoms with Gasteiger partial charge in [0.1, 0.15) is 17.2 Å². The van der Waals surface area contributed by atoms with Gasteiger partial charge in [0.25, 0.3) is 20.0 Å². The molecule has 37 heavy (non-hydrogen) atoms. The first-order valence-corrected chi connectivity index (χ1v) is 13.6. The smallest absolute Gasteiger partial charge is 0.261 e. The first kappa shape index (κ1) is 24.4. The maximum absolute atomic E-state index is 13.1. The van der Waals surface area contributed by atoms with Gasteiger partial charge in [0, 0.05) is 11.3 Å². The predicted octanol–water partition coefficient (Wildman–Crippen LogP) is 5.37. The van der Waals surface area contributed by atoms with Gasteiger partial charge in [-0.15, -0.1) is 0 Å². The molecule has 0 atom stereocenters. The Balaban J connectivity index is 1.34. The molecule has 8 nitrogen and oxygen atoms in total. The van der Waals surface area contributed by atoms with Crippen LogP contribution in [0.5, 0.6) is 0 Å². The summed E-state index contributed by atoms with van der Waals surface area (Å²) in [7, 11) is -7.84. The Morgan fingerprint density at radius 3 is 1.65 bits per heavy atom. The standard InChI is InChI=1S/C25H17F2N3O5S2/c26-17-3-10-21(11-4-17)36(31,32)29-19-7-1-16(2-8-19)25-28-23-15-20(9-14-24(23)35-25)30-37(33,34)22-12-5-18(27)6-13-22/h1-15,29-30H. The number of oxazole rings is 1. The number of aromatic nitrogens is 1. The molecule has 0 aliphatic rings. The van der Waals surface area contributed by atoms with Crippen molar-refractivity contribution in [1.29, 1.82) is 0 Å². The Kier molecular flexibility index (Phi) is 6.13. The zero-order chi connectivity index (χ0) is 26.2. The van der Waals surface area contributed by atoms with E-state index in [1.54, 1.807) is 18.2 Å². The van der Waals surface area contributed by atoms with Gasteiger partial charge in [0.2, 0.25) is 5.89 Å². The molecule has 0 fully saturated rings. The van der Waals surface area contributed by atoms with Crippen molar-refractivity contribution < 1.29 is 30.0 Å². The highest BCUT2D eigenvalue weighted by Gasteiger charge is 2.17. The molecule has 4 aromatic carbocycles. The third-order valence-electron chi connectivity index (χ3n) is 5.27. The number of anilines is 2. The van der Waals surface area contributed by atoms with E-state index in [1.165, 1.54) is 36.4 Å². The molecule has 0 saturated carbocycles. The lowest BCUT2D eigenvalue weighted by molar-refractivity contribution is 0.597. The van der Waals surface area contributed by atoms with Crippen molar-refractivity contribution in [2.24, 2.45) is 0 Å². The van der Waals surface area contributed by atoms with Gasteiger partial charge in [-0.1, -0.05) is 0 Å². The quantitative estimate of drug-likeness (QED) is 0.286. The predicted molar refractivity (Wildman–Crippen MR) is 134 cm³/mol. The van der Waals surface area contributed by atoms with Crippen LogP contribution >= 0.6 is 0 Å². The second-order valence-corrected chi connectivity index (χ2v) is 11.3. The average molecular weight is 542 g/mol. The number of nitrogens with one attached hydrogen (secondary N) is 2. The molecule has 0 amide bonds. The molecule has 0 spiro atoms. The molecule has 0 bridgehead atoms. The molecule has 0 aliphatic heterocycles. The Labute approximate surface area is 210 Å². The van der Waals surface area contributed by atoms with E-state index >= 15 is 0 Å². The normalized spacial score (nSPS) is 11.9. The van der Waals surface area contributed by atoms with Crippen molar-refractivity contribution in [3.63, 3.8) is 0 Å². The average Bonchev–Trinajstić information content (AvgIpc) is 3.28. The van der Waals surface area contributed by atoms with Crippen molar-refractivity contribution in [2.45, 2.75) is 9.79 Å². The van der Waals surface area contributed by atoms with Crippen LogP contribution in [0.15, 0.2) is 105 Å². The van der Waals surface area contributed by atoms with Crippen LogP contribution in [0.25, 0.3) is 22.6 Å². The fraction of sp³-hybridized carbons (Fsp3) is 0. The lowest BCUT2D eigenvalue weighted by atomic mass is 10.2. The van der Waals surface area contributed by atoms with Gasteiger partial charge in [0.15, 0.2) is 5.58 Å². The van der Waals surface area contributed by atoms with E-state index in [0.29, 0.717) is 16.7 Å². The molecule has 0 unspecified atom stereocenters. The van der Waals surface area contributed by atoms with Crippen LogP contribution in [0.1, 0.15) is 0 Å². The molecule has 0 radical (unpaired) electrons. The Bertz CT molecular complexity index is 1800. The van der Waals surface area contributed by atoms with Crippen LogP contribution in [0.4, 0.5) is 20.2 Å². The highest BCUT2D eigenvalue weighted by atomic mass is 32.2. The summed E-state index contributed by atoms with van der Waals surface area (Å²) in [5.74, 6) is -0.852. The number of fused-ring (bicyclic) bond motifs is 1. The number of halogens is 2. The third kappa shape index (κ3) is 5.29. The van der Waals surface area contributed by atoms with Crippen molar-refractivity contribution in [3.8, 4) is 11.5 Å². The zero-order valence-electron chi connectivity index (χ0n) is 18.7. The van der Waals surface area contributed by atoms with Gasteiger partial charge in [-0.05, 0) is 91.0 Å². The molecule has 5 rings (SSSR count). The van der Waals surface area contributed by atoms with E-state index in [-0.39, 0.29) is 27.1 Å². The number of nitrogens with zero attached hydrogens (tertiary/aromatic N) is 1. The fourth-order valence-electron chi connectivity index (χ4n) is 3.45. The fourth-order valence-corrected chi connectivity index (χ4v) is 5.56. The summed E-state index contributed by atoms with van der Waals surface area (Å²) >= 11 is 0. The van der Waals surface area contributed by atoms with E-state index in [9.17, 15) is 25.6 Å². The van der Waals surface area contributed by atoms with Gasteiger partial charge in [-0.3, -0.25) is 9.44 Å². The van der Waals surface area contributed by atoms with Gasteiger partial charge in [0.05, 0.1) is 15.5 Å². The summed E-state index contributed by atoms with van der Waals surface area (Å²) in [6, 6.07) is 19.7. The van der Waals surface area contributed by atoms with E-state index in [4.69, 9.17) is 4.42 Å². The third-order valence-corrected chi connectivity index (χ3v) is 8.07. The summed E-state index contributed by atoms with van der Waals surface area (Å²) in [4.78, 5) is 4.22. The molecule has 12 heteroatoms. The van der Waals surface area contributed by atoms with E-state index in [2.05, 4.69) is 14.4 Å². The minimum Gasteiger partial charge on any atom is -0.436 e. The minimum atomic E-state index is -3.94. The lowest BCUT2D eigenvalue weighted by Crippen LogP contribution is -2.12. The maximum atomic E-state index is 13.1. The Morgan fingerprint density at radius 2 is 1.11 bits per heavy atom. The molecule has 0 aliphatic carbocycles. The number of hydrogen-bond donors (Lipinski definition) is 2. The first-order chi connectivity index (χ1) is 17.6. The first-order valence-electron chi connectivity index (χ1n) is 10.7. The summed E-state index contributed by atoms with van der Waals surface area (Å²) in [5.41, 5.74) is 1.86. The zero-order valence-corrected chi connectivity index (χ0v) is 20.4. The highest BCUT2D eigenvalue weighted by molar-refractivity contribution is 7.93. The van der Waals surface area contributed by atoms with Crippen LogP contribution in [-0.2, 0) is 20.0 Å². The summed E-state index contributed by atoms with van der Waals surface area (Å²) in [5, 5.41) is 0. The number of sulfonamides is 2. The molecule has 0 saturated heterocycles. The second kappa shape index (κ2) is 9.30. The summed E-state index contributed by atoms with van der Waals surface area (Å²) < 4.78 is 86.9. The Morgan fingerprint density at radius 1 is 0.622 bits per heavy atom. The van der Waals surface area contributed by atoms with Gasteiger partial charge < -0.3 is 4.42 Å². The Hall–Kier alpha value is -4.29. The van der Waals surface area contributed by atoms with Crippen LogP contribution in [-0.4, -0.2) is 21.8 Å². The second-order valence-electron chi connectivity index (χ2n) is 7.90. The van der Waals surface area contributed by atoms with Crippen LogP contribution in [0.2, 0.25) is 0 Å². The maximum Gasteiger partial charge on any atom is 0.261 e. The largest absolute Gasteiger partial charge is 0.436 e. The van der Waals surface area contributed by atoms with Gasteiger partial charge in [-0.2, -0.15) is 0 Å². The van der Waals surface area contributed by atoms with Crippen LogP contribution in [0, 0.1) is 11.6 Å². The van der Waals surface area contributed by atoms with Crippen molar-refractivity contribution >= 4 is 42.5 Å². The number of hydrogen-bond acceptors (Lipinski definition) is 6. The van der Waals surface area contributed by atoms with Crippen LogP contribution < -0.4 is 9.44 Å². The van der Waals surface area contributed by atoms with Gasteiger partial charge >= 0.3 is 0 Å². The number of rotatable bonds is 7. The van der Waals surface area contributed by atoms with Crippen LogP contribution in [0.3, 0.4) is 0 Å². The monoisotopic (exact) mass is 541 g/mol. The van der Waals surface area contributed by atoms with E-state index in [1.807, 2.05) is 0 Å². The molecule has 1 heterocycles. The molecular formula is C25H17F2N3O5S2. The van der Waals surface area contributed by atoms with Crippen molar-refractivity contribution in [3.05, 3.63) is 103 Å². The SMILES string of the molecule is O=S(=O)(Nc1ccc(-c2nc3cc(NS(=O)(=O)c4ccc(F)cc4)ccc3o2)cc1)c1ccc(F)cc1. The topological polar surface area (TPSA) is 118 Å². The molecule has 1 aromatic heterocycles. The molecule has 2 N–H and O–H groups in total. The molecular weight excluding hydrogens is 524 g/mol. The van der Waals surface area contributed by atoms with Crippen molar-refractivity contribution in [1.82, 2.24) is 4.98 Å². The van der Waals surface area contributed by atoms with Gasteiger partial charge in [-0.25, -0.2) is 30.6 Å². The molecule has 5 aromatic rings. The molecule has 188 valence electrons.